The summed E-state index contributed by atoms with van der Waals surface area (Å²) in [6.07, 6.45) is 2.19. The lowest BCUT2D eigenvalue weighted by Crippen LogP contribution is -2.43. The number of aromatic nitrogens is 1. The number of benzene rings is 2. The van der Waals surface area contributed by atoms with Crippen molar-refractivity contribution in [1.29, 1.82) is 0 Å². The van der Waals surface area contributed by atoms with Gasteiger partial charge in [0.2, 0.25) is 5.91 Å². The molecule has 166 valence electrons. The molecule has 0 spiro atoms. The maximum atomic E-state index is 12.9. The van der Waals surface area contributed by atoms with Crippen LogP contribution in [0.5, 0.6) is 0 Å². The van der Waals surface area contributed by atoms with Crippen LogP contribution in [-0.2, 0) is 11.2 Å². The molecule has 32 heavy (non-hydrogen) atoms. The first kappa shape index (κ1) is 22.0. The van der Waals surface area contributed by atoms with Crippen LogP contribution in [0, 0.1) is 12.8 Å². The second kappa shape index (κ2) is 10.4. The van der Waals surface area contributed by atoms with Crippen LogP contribution < -0.4 is 10.6 Å². The zero-order valence-electron chi connectivity index (χ0n) is 18.2. The number of anilines is 2. The number of rotatable bonds is 7. The van der Waals surface area contributed by atoms with E-state index in [1.54, 1.807) is 10.3 Å². The van der Waals surface area contributed by atoms with Gasteiger partial charge < -0.3 is 15.5 Å². The van der Waals surface area contributed by atoms with E-state index in [0.29, 0.717) is 43.3 Å². The lowest BCUT2D eigenvalue weighted by atomic mass is 9.95. The molecule has 2 amide bonds. The summed E-state index contributed by atoms with van der Waals surface area (Å²) in [4.78, 5) is 31.6. The van der Waals surface area contributed by atoms with Crippen molar-refractivity contribution < 1.29 is 9.59 Å². The number of carbonyl (C=O) groups excluding carboxylic acids is 2. The minimum absolute atomic E-state index is 0.0379. The molecule has 0 unspecified atom stereocenters. The molecule has 6 nitrogen and oxygen atoms in total. The second-order valence-corrected chi connectivity index (χ2v) is 8.98. The highest BCUT2D eigenvalue weighted by Crippen LogP contribution is 2.24. The highest BCUT2D eigenvalue weighted by Gasteiger charge is 2.28. The number of nitrogens with one attached hydrogen (secondary N) is 2. The Labute approximate surface area is 192 Å². The van der Waals surface area contributed by atoms with E-state index in [-0.39, 0.29) is 17.7 Å². The van der Waals surface area contributed by atoms with Crippen molar-refractivity contribution in [2.24, 2.45) is 5.92 Å². The maximum absolute atomic E-state index is 12.9. The lowest BCUT2D eigenvalue weighted by Gasteiger charge is -2.30. The Morgan fingerprint density at radius 2 is 1.78 bits per heavy atom. The third-order valence-electron chi connectivity index (χ3n) is 5.73. The third-order valence-corrected chi connectivity index (χ3v) is 6.49. The molecule has 1 aliphatic rings. The summed E-state index contributed by atoms with van der Waals surface area (Å²) in [6, 6.07) is 18.2. The van der Waals surface area contributed by atoms with Crippen LogP contribution in [0.15, 0.2) is 60.0 Å². The van der Waals surface area contributed by atoms with E-state index in [1.165, 1.54) is 22.5 Å². The third kappa shape index (κ3) is 5.73. The SMILES string of the molecule is Cc1ccc(Nc2nc(C(=O)N3CCC(C(=O)NCCc4ccccc4)CC3)cs2)cc1. The van der Waals surface area contributed by atoms with Crippen molar-refractivity contribution >= 4 is 34.0 Å². The molecule has 1 aliphatic heterocycles. The summed E-state index contributed by atoms with van der Waals surface area (Å²) in [5.41, 5.74) is 3.81. The highest BCUT2D eigenvalue weighted by atomic mass is 32.1. The molecule has 0 radical (unpaired) electrons. The molecule has 2 aromatic carbocycles. The van der Waals surface area contributed by atoms with Gasteiger partial charge in [0.1, 0.15) is 5.69 Å². The first-order valence-corrected chi connectivity index (χ1v) is 11.9. The molecule has 1 aromatic heterocycles. The highest BCUT2D eigenvalue weighted by molar-refractivity contribution is 7.14. The predicted molar refractivity (Wildman–Crippen MR) is 128 cm³/mol. The van der Waals surface area contributed by atoms with Crippen LogP contribution in [0.3, 0.4) is 0 Å². The fourth-order valence-electron chi connectivity index (χ4n) is 3.82. The first-order valence-electron chi connectivity index (χ1n) is 11.0. The van der Waals surface area contributed by atoms with Gasteiger partial charge >= 0.3 is 0 Å². The van der Waals surface area contributed by atoms with Gasteiger partial charge in [-0.05, 0) is 43.9 Å². The average molecular weight is 449 g/mol. The molecular weight excluding hydrogens is 420 g/mol. The summed E-state index contributed by atoms with van der Waals surface area (Å²) in [7, 11) is 0. The van der Waals surface area contributed by atoms with Crippen LogP contribution in [0.25, 0.3) is 0 Å². The number of aryl methyl sites for hydroxylation is 1. The first-order chi connectivity index (χ1) is 15.6. The number of nitrogens with zero attached hydrogens (tertiary/aromatic N) is 2. The van der Waals surface area contributed by atoms with Crippen molar-refractivity contribution in [3.05, 3.63) is 76.8 Å². The Morgan fingerprint density at radius 3 is 2.50 bits per heavy atom. The van der Waals surface area contributed by atoms with Crippen LogP contribution >= 0.6 is 11.3 Å². The van der Waals surface area contributed by atoms with Gasteiger partial charge in [0.15, 0.2) is 5.13 Å². The van der Waals surface area contributed by atoms with Gasteiger partial charge in [-0.25, -0.2) is 4.98 Å². The van der Waals surface area contributed by atoms with Gasteiger partial charge in [0, 0.05) is 36.6 Å². The van der Waals surface area contributed by atoms with Gasteiger partial charge in [-0.15, -0.1) is 11.3 Å². The lowest BCUT2D eigenvalue weighted by molar-refractivity contribution is -0.126. The fraction of sp³-hybridized carbons (Fsp3) is 0.320. The zero-order chi connectivity index (χ0) is 22.3. The standard InChI is InChI=1S/C25H28N4O2S/c1-18-7-9-21(10-8-18)27-25-28-22(17-32-25)24(31)29-15-12-20(13-16-29)23(30)26-14-11-19-5-3-2-4-6-19/h2-10,17,20H,11-16H2,1H3,(H,26,30)(H,27,28). The molecule has 0 atom stereocenters. The van der Waals surface area contributed by atoms with Gasteiger partial charge in [-0.1, -0.05) is 48.0 Å². The largest absolute Gasteiger partial charge is 0.356 e. The van der Waals surface area contributed by atoms with Crippen LogP contribution in [0.4, 0.5) is 10.8 Å². The number of likely N-dealkylation sites (tertiary alicyclic amines) is 1. The van der Waals surface area contributed by atoms with E-state index in [1.807, 2.05) is 49.4 Å². The number of hydrogen-bond donors (Lipinski definition) is 2. The summed E-state index contributed by atoms with van der Waals surface area (Å²) in [5, 5.41) is 8.78. The Kier molecular flexibility index (Phi) is 7.17. The molecule has 1 fully saturated rings. The summed E-state index contributed by atoms with van der Waals surface area (Å²) in [5.74, 6) is -0.0172. The monoisotopic (exact) mass is 448 g/mol. The minimum atomic E-state index is -0.0684. The minimum Gasteiger partial charge on any atom is -0.356 e. The van der Waals surface area contributed by atoms with Crippen LogP contribution in [-0.4, -0.2) is 41.3 Å². The van der Waals surface area contributed by atoms with E-state index in [0.717, 1.165) is 12.1 Å². The van der Waals surface area contributed by atoms with Crippen molar-refractivity contribution in [3.63, 3.8) is 0 Å². The van der Waals surface area contributed by atoms with Gasteiger partial charge in [-0.2, -0.15) is 0 Å². The van der Waals surface area contributed by atoms with Crippen LogP contribution in [0.1, 0.15) is 34.5 Å². The summed E-state index contributed by atoms with van der Waals surface area (Å²) < 4.78 is 0. The number of hydrogen-bond acceptors (Lipinski definition) is 5. The normalized spacial score (nSPS) is 14.2. The smallest absolute Gasteiger partial charge is 0.273 e. The molecule has 4 rings (SSSR count). The molecular formula is C25H28N4O2S. The van der Waals surface area contributed by atoms with Crippen molar-refractivity contribution in [2.75, 3.05) is 25.0 Å². The molecule has 1 saturated heterocycles. The van der Waals surface area contributed by atoms with Crippen molar-refractivity contribution in [1.82, 2.24) is 15.2 Å². The molecule has 2 N–H and O–H groups in total. The molecule has 0 aliphatic carbocycles. The van der Waals surface area contributed by atoms with E-state index in [9.17, 15) is 9.59 Å². The number of thiazole rings is 1. The number of amides is 2. The topological polar surface area (TPSA) is 74.3 Å². The van der Waals surface area contributed by atoms with Gasteiger partial charge in [-0.3, -0.25) is 9.59 Å². The number of carbonyl (C=O) groups is 2. The van der Waals surface area contributed by atoms with Crippen LogP contribution in [0.2, 0.25) is 0 Å². The molecule has 2 heterocycles. The summed E-state index contributed by atoms with van der Waals surface area (Å²) >= 11 is 1.42. The predicted octanol–water partition coefficient (Wildman–Crippen LogP) is 4.41. The van der Waals surface area contributed by atoms with E-state index < -0.39 is 0 Å². The van der Waals surface area contributed by atoms with Crippen molar-refractivity contribution in [3.8, 4) is 0 Å². The molecule has 0 saturated carbocycles. The van der Waals surface area contributed by atoms with E-state index in [4.69, 9.17) is 0 Å². The zero-order valence-corrected chi connectivity index (χ0v) is 19.0. The van der Waals surface area contributed by atoms with Gasteiger partial charge in [0.25, 0.3) is 5.91 Å². The number of piperidine rings is 1. The quantitative estimate of drug-likeness (QED) is 0.562. The van der Waals surface area contributed by atoms with Gasteiger partial charge in [0.05, 0.1) is 0 Å². The summed E-state index contributed by atoms with van der Waals surface area (Å²) in [6.45, 7) is 3.83. The Morgan fingerprint density at radius 1 is 1.06 bits per heavy atom. The average Bonchev–Trinajstić information content (AvgIpc) is 3.29. The van der Waals surface area contributed by atoms with E-state index >= 15 is 0 Å². The molecule has 3 aromatic rings. The Bertz CT molecular complexity index is 1040. The Balaban J connectivity index is 1.23. The Hall–Kier alpha value is -3.19. The van der Waals surface area contributed by atoms with E-state index in [2.05, 4.69) is 27.8 Å². The maximum Gasteiger partial charge on any atom is 0.273 e. The molecule has 7 heteroatoms. The molecule has 0 bridgehead atoms. The van der Waals surface area contributed by atoms with Crippen molar-refractivity contribution in [2.45, 2.75) is 26.2 Å². The fourth-order valence-corrected chi connectivity index (χ4v) is 4.52. The second-order valence-electron chi connectivity index (χ2n) is 8.12.